The molecule has 0 radical (unpaired) electrons. The number of aromatic nitrogens is 5. The van der Waals surface area contributed by atoms with Gasteiger partial charge in [-0.25, -0.2) is 18.1 Å². The molecule has 2 aromatic rings. The maximum absolute atomic E-state index is 11.1. The first-order valence-corrected chi connectivity index (χ1v) is 12.3. The van der Waals surface area contributed by atoms with Crippen LogP contribution >= 0.6 is 39.0 Å². The molecule has 2 aromatic heterocycles. The van der Waals surface area contributed by atoms with E-state index >= 15 is 0 Å². The Morgan fingerprint density at radius 3 is 2.56 bits per heavy atom. The lowest BCUT2D eigenvalue weighted by molar-refractivity contribution is 0.505. The average Bonchev–Trinajstić information content (AvgIpc) is 3.04. The molecule has 11 heteroatoms. The van der Waals surface area contributed by atoms with Crippen molar-refractivity contribution in [3.63, 3.8) is 0 Å². The molecule has 0 atom stereocenters. The number of unbranched alkanes of at least 4 members (excludes halogenated alkanes) is 2. The molecule has 0 aliphatic carbocycles. The van der Waals surface area contributed by atoms with Crippen molar-refractivity contribution < 1.29 is 8.42 Å². The number of hydrogen-bond acceptors (Lipinski definition) is 8. The van der Waals surface area contributed by atoms with Gasteiger partial charge < -0.3 is 0 Å². The standard InChI is InChI=1S/C14H22BrN5O2S3/c1-14(2,3)10-11(15)23-13(16-10)24-12-17-18-19-20(12)8-6-5-7-9-25(4,21)22/h5-9H2,1-4H3. The molecule has 0 bridgehead atoms. The Hall–Kier alpha value is -0.520. The summed E-state index contributed by atoms with van der Waals surface area (Å²) < 4.78 is 25.9. The van der Waals surface area contributed by atoms with Gasteiger partial charge in [0, 0.05) is 24.0 Å². The van der Waals surface area contributed by atoms with Crippen molar-refractivity contribution in [2.75, 3.05) is 12.0 Å². The highest BCUT2D eigenvalue weighted by Crippen LogP contribution is 2.39. The van der Waals surface area contributed by atoms with Gasteiger partial charge in [0.1, 0.15) is 9.84 Å². The highest BCUT2D eigenvalue weighted by Gasteiger charge is 2.23. The molecular formula is C14H22BrN5O2S3. The second kappa shape index (κ2) is 8.45. The van der Waals surface area contributed by atoms with Crippen LogP contribution in [0.3, 0.4) is 0 Å². The first-order valence-electron chi connectivity index (χ1n) is 7.85. The number of rotatable bonds is 8. The number of thiazole rings is 1. The van der Waals surface area contributed by atoms with Gasteiger partial charge in [0.05, 0.1) is 9.48 Å². The summed E-state index contributed by atoms with van der Waals surface area (Å²) in [6.07, 6.45) is 3.59. The van der Waals surface area contributed by atoms with Gasteiger partial charge in [0.15, 0.2) is 4.34 Å². The summed E-state index contributed by atoms with van der Waals surface area (Å²) in [5.74, 6) is 0.229. The Balaban J connectivity index is 1.93. The van der Waals surface area contributed by atoms with E-state index in [0.717, 1.165) is 26.7 Å². The van der Waals surface area contributed by atoms with Crippen LogP contribution in [0.15, 0.2) is 13.3 Å². The first kappa shape index (κ1) is 20.8. The third-order valence-electron chi connectivity index (χ3n) is 3.34. The van der Waals surface area contributed by atoms with E-state index in [0.29, 0.717) is 18.1 Å². The summed E-state index contributed by atoms with van der Waals surface area (Å²) in [5, 5.41) is 12.5. The topological polar surface area (TPSA) is 90.6 Å². The SMILES string of the molecule is CC(C)(C)c1nc(Sc2nnnn2CCCCCS(C)(=O)=O)sc1Br. The molecule has 0 saturated heterocycles. The Labute approximate surface area is 165 Å². The molecule has 7 nitrogen and oxygen atoms in total. The number of aryl methyl sites for hydroxylation is 1. The minimum atomic E-state index is -2.88. The summed E-state index contributed by atoms with van der Waals surface area (Å²) in [5.41, 5.74) is 0.999. The number of sulfone groups is 1. The van der Waals surface area contributed by atoms with Crippen LogP contribution < -0.4 is 0 Å². The molecule has 0 aliphatic heterocycles. The fourth-order valence-electron chi connectivity index (χ4n) is 2.08. The van der Waals surface area contributed by atoms with E-state index in [-0.39, 0.29) is 11.2 Å². The molecule has 0 saturated carbocycles. The van der Waals surface area contributed by atoms with E-state index in [1.165, 1.54) is 18.0 Å². The van der Waals surface area contributed by atoms with E-state index in [9.17, 15) is 8.42 Å². The molecule has 140 valence electrons. The zero-order chi connectivity index (χ0) is 18.7. The van der Waals surface area contributed by atoms with Crippen LogP contribution in [-0.2, 0) is 21.8 Å². The van der Waals surface area contributed by atoms with E-state index < -0.39 is 9.84 Å². The highest BCUT2D eigenvalue weighted by molar-refractivity contribution is 9.11. The Bertz CT molecular complexity index is 811. The van der Waals surface area contributed by atoms with Gasteiger partial charge >= 0.3 is 0 Å². The Morgan fingerprint density at radius 2 is 1.96 bits per heavy atom. The van der Waals surface area contributed by atoms with Crippen molar-refractivity contribution in [3.8, 4) is 0 Å². The van der Waals surface area contributed by atoms with Crippen molar-refractivity contribution in [1.29, 1.82) is 0 Å². The van der Waals surface area contributed by atoms with E-state index in [1.807, 2.05) is 0 Å². The van der Waals surface area contributed by atoms with Gasteiger partial charge in [-0.2, -0.15) is 0 Å². The molecule has 0 fully saturated rings. The van der Waals surface area contributed by atoms with Crippen molar-refractivity contribution >= 4 is 48.9 Å². The normalized spacial score (nSPS) is 12.7. The monoisotopic (exact) mass is 467 g/mol. The highest BCUT2D eigenvalue weighted by atomic mass is 79.9. The maximum atomic E-state index is 11.1. The lowest BCUT2D eigenvalue weighted by atomic mass is 9.93. The van der Waals surface area contributed by atoms with Crippen LogP contribution in [0, 0.1) is 0 Å². The zero-order valence-corrected chi connectivity index (χ0v) is 18.7. The van der Waals surface area contributed by atoms with Crippen LogP contribution in [-0.4, -0.2) is 45.6 Å². The van der Waals surface area contributed by atoms with Crippen molar-refractivity contribution in [3.05, 3.63) is 9.48 Å². The molecule has 0 spiro atoms. The molecular weight excluding hydrogens is 446 g/mol. The van der Waals surface area contributed by atoms with Crippen molar-refractivity contribution in [2.24, 2.45) is 0 Å². The molecule has 0 aromatic carbocycles. The Morgan fingerprint density at radius 1 is 1.24 bits per heavy atom. The minimum absolute atomic E-state index is 0.0281. The van der Waals surface area contributed by atoms with Crippen molar-refractivity contribution in [1.82, 2.24) is 25.2 Å². The van der Waals surface area contributed by atoms with Crippen molar-refractivity contribution in [2.45, 2.75) is 61.5 Å². The lowest BCUT2D eigenvalue weighted by Gasteiger charge is -2.15. The van der Waals surface area contributed by atoms with Crippen LogP contribution in [0.5, 0.6) is 0 Å². The predicted molar refractivity (Wildman–Crippen MR) is 104 cm³/mol. The molecule has 2 heterocycles. The number of tetrazole rings is 1. The van der Waals surface area contributed by atoms with E-state index in [2.05, 4.69) is 52.2 Å². The van der Waals surface area contributed by atoms with Crippen LogP contribution in [0.25, 0.3) is 0 Å². The number of halogens is 1. The van der Waals surface area contributed by atoms with Gasteiger partial charge in [0.25, 0.3) is 0 Å². The van der Waals surface area contributed by atoms with E-state index in [4.69, 9.17) is 4.98 Å². The second-order valence-electron chi connectivity index (χ2n) is 6.83. The first-order chi connectivity index (χ1) is 11.6. The molecule has 0 N–H and O–H groups in total. The fraction of sp³-hybridized carbons (Fsp3) is 0.714. The summed E-state index contributed by atoms with van der Waals surface area (Å²) >= 11 is 6.61. The van der Waals surface area contributed by atoms with Gasteiger partial charge in [-0.05, 0) is 51.0 Å². The fourth-order valence-corrected chi connectivity index (χ4v) is 6.26. The molecule has 0 unspecified atom stereocenters. The van der Waals surface area contributed by atoms with Crippen LogP contribution in [0.2, 0.25) is 0 Å². The van der Waals surface area contributed by atoms with E-state index in [1.54, 1.807) is 16.0 Å². The smallest absolute Gasteiger partial charge is 0.216 e. The quantitative estimate of drug-likeness (QED) is 0.547. The summed E-state index contributed by atoms with van der Waals surface area (Å²) in [6, 6.07) is 0. The third kappa shape index (κ3) is 6.61. The molecule has 25 heavy (non-hydrogen) atoms. The van der Waals surface area contributed by atoms with Gasteiger partial charge in [-0.3, -0.25) is 0 Å². The van der Waals surface area contributed by atoms with Gasteiger partial charge in [-0.1, -0.05) is 38.5 Å². The average molecular weight is 468 g/mol. The van der Waals surface area contributed by atoms with Gasteiger partial charge in [0.2, 0.25) is 5.16 Å². The largest absolute Gasteiger partial charge is 0.232 e. The predicted octanol–water partition coefficient (Wildman–Crippen LogP) is 3.56. The second-order valence-corrected chi connectivity index (χ2v) is 12.6. The summed E-state index contributed by atoms with van der Waals surface area (Å²) in [6.45, 7) is 7.04. The molecule has 0 amide bonds. The summed E-state index contributed by atoms with van der Waals surface area (Å²) in [4.78, 5) is 4.69. The molecule has 0 aliphatic rings. The molecule has 2 rings (SSSR count). The third-order valence-corrected chi connectivity index (χ3v) is 7.11. The number of nitrogens with zero attached hydrogens (tertiary/aromatic N) is 5. The lowest BCUT2D eigenvalue weighted by Crippen LogP contribution is -2.12. The Kier molecular flexibility index (Phi) is 7.02. The minimum Gasteiger partial charge on any atom is -0.232 e. The number of hydrogen-bond donors (Lipinski definition) is 0. The van der Waals surface area contributed by atoms with Crippen LogP contribution in [0.1, 0.15) is 45.7 Å². The van der Waals surface area contributed by atoms with Crippen LogP contribution in [0.4, 0.5) is 0 Å². The summed E-state index contributed by atoms with van der Waals surface area (Å²) in [7, 11) is -2.88. The van der Waals surface area contributed by atoms with Gasteiger partial charge in [-0.15, -0.1) is 5.10 Å². The zero-order valence-electron chi connectivity index (χ0n) is 14.7. The maximum Gasteiger partial charge on any atom is 0.216 e.